The molecule has 0 aromatic carbocycles. The van der Waals surface area contributed by atoms with Crippen molar-refractivity contribution in [1.29, 1.82) is 0 Å². The highest BCUT2D eigenvalue weighted by atomic mass is 16.5. The van der Waals surface area contributed by atoms with Gasteiger partial charge in [-0.2, -0.15) is 4.73 Å². The number of pyridine rings is 3. The fourth-order valence-corrected chi connectivity index (χ4v) is 1.84. The Morgan fingerprint density at radius 2 is 2.04 bits per heavy atom. The van der Waals surface area contributed by atoms with Crippen LogP contribution in [-0.4, -0.2) is 15.9 Å². The van der Waals surface area contributed by atoms with Gasteiger partial charge < -0.3 is 15.3 Å². The number of ether oxygens (including phenoxy) is 1. The number of anilines is 1. The minimum absolute atomic E-state index is 0.00295. The summed E-state index contributed by atoms with van der Waals surface area (Å²) in [5, 5.41) is 14.1. The summed E-state index contributed by atoms with van der Waals surface area (Å²) in [4.78, 5) is 20.0. The molecule has 0 spiro atoms. The quantitative estimate of drug-likeness (QED) is 0.589. The van der Waals surface area contributed by atoms with E-state index in [1.807, 2.05) is 0 Å². The molecule has 3 aromatic rings. The number of carbonyl (C=O) groups excluding carboxylic acids is 1. The van der Waals surface area contributed by atoms with Crippen LogP contribution in [0.1, 0.15) is 10.5 Å². The summed E-state index contributed by atoms with van der Waals surface area (Å²) in [5.74, 6) is 0.423. The van der Waals surface area contributed by atoms with E-state index in [0.717, 1.165) is 0 Å². The zero-order valence-electron chi connectivity index (χ0n) is 11.9. The number of amides is 1. The van der Waals surface area contributed by atoms with Crippen LogP contribution in [0, 0.1) is 5.21 Å². The van der Waals surface area contributed by atoms with Gasteiger partial charge in [0.1, 0.15) is 5.75 Å². The highest BCUT2D eigenvalue weighted by Crippen LogP contribution is 2.19. The number of hydrogen-bond donors (Lipinski definition) is 1. The molecule has 0 saturated carbocycles. The fourth-order valence-electron chi connectivity index (χ4n) is 1.84. The van der Waals surface area contributed by atoms with E-state index in [0.29, 0.717) is 22.0 Å². The summed E-state index contributed by atoms with van der Waals surface area (Å²) in [6.07, 6.45) is 5.92. The minimum atomic E-state index is -0.511. The van der Waals surface area contributed by atoms with E-state index in [-0.39, 0.29) is 5.69 Å². The van der Waals surface area contributed by atoms with E-state index in [4.69, 9.17) is 4.74 Å². The SMILES string of the molecule is O=C(Nc1ccc(Oc2cccnc2)nc1)c1cccc[n+]1[O-]. The Morgan fingerprint density at radius 3 is 2.74 bits per heavy atom. The van der Waals surface area contributed by atoms with Crippen molar-refractivity contribution in [3.05, 3.63) is 78.2 Å². The maximum absolute atomic E-state index is 12.0. The number of nitrogens with zero attached hydrogens (tertiary/aromatic N) is 3. The lowest BCUT2D eigenvalue weighted by Crippen LogP contribution is -2.36. The molecule has 3 rings (SSSR count). The molecule has 0 unspecified atom stereocenters. The third-order valence-corrected chi connectivity index (χ3v) is 2.91. The molecule has 0 aliphatic rings. The lowest BCUT2D eigenvalue weighted by atomic mass is 10.3. The molecule has 1 amide bonds. The zero-order chi connectivity index (χ0) is 16.1. The molecule has 0 aliphatic carbocycles. The van der Waals surface area contributed by atoms with Crippen LogP contribution in [0.15, 0.2) is 67.3 Å². The largest absolute Gasteiger partial charge is 0.618 e. The van der Waals surface area contributed by atoms with Gasteiger partial charge in [-0.05, 0) is 24.3 Å². The standard InChI is InChI=1S/C16H12N4O3/c21-16(14-5-1-2-9-20(14)22)19-12-6-7-15(18-10-12)23-13-4-3-8-17-11-13/h1-11H,(H,19,21). The van der Waals surface area contributed by atoms with E-state index in [2.05, 4.69) is 15.3 Å². The van der Waals surface area contributed by atoms with Gasteiger partial charge in [-0.3, -0.25) is 9.78 Å². The van der Waals surface area contributed by atoms with Crippen LogP contribution in [0.2, 0.25) is 0 Å². The number of aromatic nitrogens is 3. The van der Waals surface area contributed by atoms with Crippen molar-refractivity contribution in [2.24, 2.45) is 0 Å². The molecule has 3 heterocycles. The van der Waals surface area contributed by atoms with E-state index >= 15 is 0 Å². The van der Waals surface area contributed by atoms with Crippen LogP contribution < -0.4 is 14.8 Å². The number of nitrogens with one attached hydrogen (secondary N) is 1. The molecular formula is C16H12N4O3. The van der Waals surface area contributed by atoms with E-state index in [9.17, 15) is 10.0 Å². The number of hydrogen-bond acceptors (Lipinski definition) is 5. The van der Waals surface area contributed by atoms with Crippen molar-refractivity contribution < 1.29 is 14.3 Å². The highest BCUT2D eigenvalue weighted by molar-refractivity contribution is 6.01. The molecule has 1 N–H and O–H groups in total. The maximum atomic E-state index is 12.0. The predicted molar refractivity (Wildman–Crippen MR) is 81.9 cm³/mol. The molecule has 0 fully saturated rings. The molecular weight excluding hydrogens is 296 g/mol. The Kier molecular flexibility index (Phi) is 4.10. The monoisotopic (exact) mass is 308 g/mol. The van der Waals surface area contributed by atoms with Gasteiger partial charge in [-0.25, -0.2) is 4.98 Å². The summed E-state index contributed by atoms with van der Waals surface area (Å²) < 4.78 is 6.00. The van der Waals surface area contributed by atoms with Crippen molar-refractivity contribution in [2.75, 3.05) is 5.32 Å². The van der Waals surface area contributed by atoms with Gasteiger partial charge in [-0.1, -0.05) is 0 Å². The van der Waals surface area contributed by atoms with Crippen LogP contribution in [0.25, 0.3) is 0 Å². The average Bonchev–Trinajstić information content (AvgIpc) is 2.58. The van der Waals surface area contributed by atoms with Crippen molar-refractivity contribution in [1.82, 2.24) is 9.97 Å². The Bertz CT molecular complexity index is 807. The predicted octanol–water partition coefficient (Wildman–Crippen LogP) is 2.15. The second kappa shape index (κ2) is 6.52. The minimum Gasteiger partial charge on any atom is -0.618 e. The Labute approximate surface area is 131 Å². The van der Waals surface area contributed by atoms with Gasteiger partial charge >= 0.3 is 5.91 Å². The lowest BCUT2D eigenvalue weighted by Gasteiger charge is -2.07. The van der Waals surface area contributed by atoms with Crippen molar-refractivity contribution in [3.8, 4) is 11.6 Å². The van der Waals surface area contributed by atoms with Gasteiger partial charge in [0.25, 0.3) is 5.69 Å². The molecule has 0 bridgehead atoms. The summed E-state index contributed by atoms with van der Waals surface area (Å²) in [7, 11) is 0. The summed E-state index contributed by atoms with van der Waals surface area (Å²) in [5.41, 5.74) is 0.459. The first-order chi connectivity index (χ1) is 11.2. The fraction of sp³-hybridized carbons (Fsp3) is 0. The van der Waals surface area contributed by atoms with Gasteiger partial charge in [-0.15, -0.1) is 0 Å². The molecule has 0 aliphatic heterocycles. The lowest BCUT2D eigenvalue weighted by molar-refractivity contribution is -0.607. The first kappa shape index (κ1) is 14.5. The molecule has 23 heavy (non-hydrogen) atoms. The van der Waals surface area contributed by atoms with Crippen LogP contribution in [-0.2, 0) is 0 Å². The van der Waals surface area contributed by atoms with Gasteiger partial charge in [0.2, 0.25) is 5.88 Å². The Balaban J connectivity index is 1.68. The maximum Gasteiger partial charge on any atom is 0.321 e. The normalized spacial score (nSPS) is 10.1. The zero-order valence-corrected chi connectivity index (χ0v) is 11.9. The van der Waals surface area contributed by atoms with Gasteiger partial charge in [0.15, 0.2) is 6.20 Å². The van der Waals surface area contributed by atoms with E-state index in [1.54, 1.807) is 48.8 Å². The Morgan fingerprint density at radius 1 is 1.13 bits per heavy atom. The van der Waals surface area contributed by atoms with E-state index < -0.39 is 5.91 Å². The highest BCUT2D eigenvalue weighted by Gasteiger charge is 2.15. The van der Waals surface area contributed by atoms with Crippen LogP contribution in [0.3, 0.4) is 0 Å². The molecule has 0 atom stereocenters. The summed E-state index contributed by atoms with van der Waals surface area (Å²) in [6.45, 7) is 0. The van der Waals surface area contributed by atoms with Gasteiger partial charge in [0.05, 0.1) is 18.1 Å². The van der Waals surface area contributed by atoms with Crippen LogP contribution >= 0.6 is 0 Å². The summed E-state index contributed by atoms with van der Waals surface area (Å²) in [6, 6.07) is 11.4. The third-order valence-electron chi connectivity index (χ3n) is 2.91. The molecule has 0 radical (unpaired) electrons. The van der Waals surface area contributed by atoms with Crippen molar-refractivity contribution in [2.45, 2.75) is 0 Å². The van der Waals surface area contributed by atoms with Crippen LogP contribution in [0.5, 0.6) is 11.6 Å². The molecule has 0 saturated heterocycles. The molecule has 114 valence electrons. The average molecular weight is 308 g/mol. The smallest absolute Gasteiger partial charge is 0.321 e. The van der Waals surface area contributed by atoms with E-state index in [1.165, 1.54) is 18.5 Å². The third kappa shape index (κ3) is 3.59. The Hall–Kier alpha value is -3.48. The van der Waals surface area contributed by atoms with Crippen molar-refractivity contribution in [3.63, 3.8) is 0 Å². The second-order valence-corrected chi connectivity index (χ2v) is 4.54. The number of rotatable bonds is 4. The second-order valence-electron chi connectivity index (χ2n) is 4.54. The molecule has 7 heteroatoms. The van der Waals surface area contributed by atoms with Gasteiger partial charge in [0, 0.05) is 24.4 Å². The molecule has 7 nitrogen and oxygen atoms in total. The van der Waals surface area contributed by atoms with Crippen LogP contribution in [0.4, 0.5) is 5.69 Å². The molecule has 3 aromatic heterocycles. The van der Waals surface area contributed by atoms with Crippen molar-refractivity contribution >= 4 is 11.6 Å². The number of carbonyl (C=O) groups is 1. The summed E-state index contributed by atoms with van der Waals surface area (Å²) >= 11 is 0. The first-order valence-electron chi connectivity index (χ1n) is 6.76. The topological polar surface area (TPSA) is 91.0 Å². The first-order valence-corrected chi connectivity index (χ1v) is 6.76.